The van der Waals surface area contributed by atoms with E-state index in [1.807, 2.05) is 0 Å². The van der Waals surface area contributed by atoms with Gasteiger partial charge in [0.15, 0.2) is 0 Å². The van der Waals surface area contributed by atoms with Gasteiger partial charge in [0.05, 0.1) is 0 Å². The molecule has 0 rings (SSSR count). The lowest BCUT2D eigenvalue weighted by Crippen LogP contribution is -1.82. The Hall–Kier alpha value is 0.510. The Labute approximate surface area is 64.0 Å². The largest absolute Gasteiger partial charge is 0.126 e. The molecule has 0 radical (unpaired) electrons. The van der Waals surface area contributed by atoms with Crippen LogP contribution in [0.5, 0.6) is 0 Å². The highest BCUT2D eigenvalue weighted by Gasteiger charge is 1.89. The maximum Gasteiger partial charge on any atom is 0.0260 e. The first kappa shape index (κ1) is 8.51. The van der Waals surface area contributed by atoms with Gasteiger partial charge in [-0.2, -0.15) is 0 Å². The molecule has 0 aromatic rings. The third kappa shape index (κ3) is 4.66. The van der Waals surface area contributed by atoms with Crippen LogP contribution in [-0.2, 0) is 0 Å². The average molecular weight is 198 g/mol. The van der Waals surface area contributed by atoms with E-state index in [1.54, 1.807) is 0 Å². The fraction of sp³-hybridized carbons (Fsp3) is 0.667. The summed E-state index contributed by atoms with van der Waals surface area (Å²) in [6.07, 6.45) is 2.00. The summed E-state index contributed by atoms with van der Waals surface area (Å²) < 4.78 is 0. The first-order chi connectivity index (χ1) is 3.81. The molecule has 0 aliphatic heterocycles. The summed E-state index contributed by atoms with van der Waals surface area (Å²) in [5.41, 5.74) is 1.23. The second-order valence-corrected chi connectivity index (χ2v) is 2.80. The third-order valence-corrected chi connectivity index (χ3v) is 1.48. The van der Waals surface area contributed by atoms with Crippen molar-refractivity contribution in [2.75, 3.05) is 11.2 Å². The summed E-state index contributed by atoms with van der Waals surface area (Å²) in [6, 6.07) is 0. The van der Waals surface area contributed by atoms with Gasteiger partial charge in [0.2, 0.25) is 0 Å². The van der Waals surface area contributed by atoms with Crippen LogP contribution >= 0.6 is 27.5 Å². The quantitative estimate of drug-likeness (QED) is 0.480. The first-order valence-corrected chi connectivity index (χ1v) is 4.25. The van der Waals surface area contributed by atoms with Crippen LogP contribution < -0.4 is 0 Å². The summed E-state index contributed by atoms with van der Waals surface area (Å²) >= 11 is 8.77. The van der Waals surface area contributed by atoms with Crippen molar-refractivity contribution in [3.8, 4) is 0 Å². The first-order valence-electron chi connectivity index (χ1n) is 2.60. The molecule has 0 heterocycles. The topological polar surface area (TPSA) is 0 Å². The molecule has 0 nitrogen and oxygen atoms in total. The number of allylic oxidation sites excluding steroid dienone is 1. The number of alkyl halides is 2. The third-order valence-electron chi connectivity index (χ3n) is 0.896. The molecule has 0 aromatic carbocycles. The molecule has 0 spiro atoms. The maximum atomic E-state index is 5.46. The molecule has 0 fully saturated rings. The second-order valence-electron chi connectivity index (χ2n) is 1.63. The Bertz CT molecular complexity index is 62.9. The van der Waals surface area contributed by atoms with Crippen LogP contribution in [0.25, 0.3) is 0 Å². The van der Waals surface area contributed by atoms with Gasteiger partial charge in [-0.25, -0.2) is 0 Å². The van der Waals surface area contributed by atoms with Crippen molar-refractivity contribution in [1.29, 1.82) is 0 Å². The summed E-state index contributed by atoms with van der Waals surface area (Å²) in [6.45, 7) is 3.82. The van der Waals surface area contributed by atoms with E-state index in [4.69, 9.17) is 11.6 Å². The minimum Gasteiger partial charge on any atom is -0.126 e. The summed E-state index contributed by atoms with van der Waals surface area (Å²) in [7, 11) is 0. The Morgan fingerprint density at radius 1 is 1.50 bits per heavy atom. The van der Waals surface area contributed by atoms with E-state index in [9.17, 15) is 0 Å². The minimum atomic E-state index is 0.700. The van der Waals surface area contributed by atoms with E-state index in [1.165, 1.54) is 5.57 Å². The molecule has 0 saturated carbocycles. The molecular formula is C6H10BrCl. The lowest BCUT2D eigenvalue weighted by atomic mass is 10.2. The Kier molecular flexibility index (Phi) is 6.00. The van der Waals surface area contributed by atoms with Gasteiger partial charge < -0.3 is 0 Å². The van der Waals surface area contributed by atoms with Crippen LogP contribution in [0.1, 0.15) is 12.8 Å². The number of halogens is 2. The van der Waals surface area contributed by atoms with Crippen molar-refractivity contribution in [3.05, 3.63) is 12.2 Å². The zero-order chi connectivity index (χ0) is 6.41. The molecule has 0 bridgehead atoms. The van der Waals surface area contributed by atoms with Gasteiger partial charge in [-0.1, -0.05) is 28.1 Å². The Balaban J connectivity index is 3.06. The van der Waals surface area contributed by atoms with Crippen molar-refractivity contribution in [1.82, 2.24) is 0 Å². The SMILES string of the molecule is C=C(CCCl)CCBr. The van der Waals surface area contributed by atoms with E-state index >= 15 is 0 Å². The molecule has 48 valence electrons. The average Bonchev–Trinajstić information content (AvgIpc) is 1.68. The normalized spacial score (nSPS) is 9.25. The maximum absolute atomic E-state index is 5.46. The zero-order valence-electron chi connectivity index (χ0n) is 4.79. The smallest absolute Gasteiger partial charge is 0.0260 e. The number of hydrogen-bond donors (Lipinski definition) is 0. The van der Waals surface area contributed by atoms with Crippen LogP contribution in [0.3, 0.4) is 0 Å². The standard InChI is InChI=1S/C6H10BrCl/c1-6(2-4-7)3-5-8/h1-5H2. The fourth-order valence-corrected chi connectivity index (χ4v) is 1.22. The van der Waals surface area contributed by atoms with Gasteiger partial charge in [0, 0.05) is 11.2 Å². The molecule has 0 unspecified atom stereocenters. The fourth-order valence-electron chi connectivity index (χ4n) is 0.392. The van der Waals surface area contributed by atoms with Gasteiger partial charge in [-0.05, 0) is 12.8 Å². The highest BCUT2D eigenvalue weighted by Crippen LogP contribution is 2.05. The molecule has 8 heavy (non-hydrogen) atoms. The van der Waals surface area contributed by atoms with E-state index in [2.05, 4.69) is 22.5 Å². The molecule has 0 aromatic heterocycles. The monoisotopic (exact) mass is 196 g/mol. The van der Waals surface area contributed by atoms with Crippen LogP contribution in [0, 0.1) is 0 Å². The molecule has 0 N–H and O–H groups in total. The minimum absolute atomic E-state index is 0.700. The van der Waals surface area contributed by atoms with Crippen LogP contribution in [-0.4, -0.2) is 11.2 Å². The predicted molar refractivity (Wildman–Crippen MR) is 42.9 cm³/mol. The second kappa shape index (κ2) is 5.64. The number of rotatable bonds is 4. The van der Waals surface area contributed by atoms with E-state index in [-0.39, 0.29) is 0 Å². The van der Waals surface area contributed by atoms with Crippen molar-refractivity contribution in [2.24, 2.45) is 0 Å². The van der Waals surface area contributed by atoms with E-state index < -0.39 is 0 Å². The summed E-state index contributed by atoms with van der Waals surface area (Å²) in [5, 5.41) is 1.00. The summed E-state index contributed by atoms with van der Waals surface area (Å²) in [4.78, 5) is 0. The Morgan fingerprint density at radius 3 is 2.50 bits per heavy atom. The molecule has 0 amide bonds. The van der Waals surface area contributed by atoms with Gasteiger partial charge >= 0.3 is 0 Å². The van der Waals surface area contributed by atoms with Crippen LogP contribution in [0.15, 0.2) is 12.2 Å². The molecule has 0 aliphatic rings. The lowest BCUT2D eigenvalue weighted by Gasteiger charge is -1.96. The van der Waals surface area contributed by atoms with Crippen molar-refractivity contribution >= 4 is 27.5 Å². The Morgan fingerprint density at radius 2 is 2.12 bits per heavy atom. The van der Waals surface area contributed by atoms with E-state index in [0.29, 0.717) is 5.88 Å². The van der Waals surface area contributed by atoms with Crippen molar-refractivity contribution < 1.29 is 0 Å². The van der Waals surface area contributed by atoms with Crippen LogP contribution in [0.2, 0.25) is 0 Å². The molecule has 0 aliphatic carbocycles. The van der Waals surface area contributed by atoms with E-state index in [0.717, 1.165) is 18.2 Å². The molecular weight excluding hydrogens is 187 g/mol. The molecule has 2 heteroatoms. The summed E-state index contributed by atoms with van der Waals surface area (Å²) in [5.74, 6) is 0.700. The van der Waals surface area contributed by atoms with Crippen molar-refractivity contribution in [3.63, 3.8) is 0 Å². The van der Waals surface area contributed by atoms with Gasteiger partial charge in [-0.3, -0.25) is 0 Å². The van der Waals surface area contributed by atoms with Gasteiger partial charge in [0.1, 0.15) is 0 Å². The highest BCUT2D eigenvalue weighted by molar-refractivity contribution is 9.09. The molecule has 0 saturated heterocycles. The van der Waals surface area contributed by atoms with Crippen LogP contribution in [0.4, 0.5) is 0 Å². The zero-order valence-corrected chi connectivity index (χ0v) is 7.13. The lowest BCUT2D eigenvalue weighted by molar-refractivity contribution is 1.01. The highest BCUT2D eigenvalue weighted by atomic mass is 79.9. The predicted octanol–water partition coefficient (Wildman–Crippen LogP) is 2.96. The molecule has 0 atom stereocenters. The van der Waals surface area contributed by atoms with Crippen molar-refractivity contribution in [2.45, 2.75) is 12.8 Å². The van der Waals surface area contributed by atoms with Gasteiger partial charge in [0.25, 0.3) is 0 Å². The van der Waals surface area contributed by atoms with Gasteiger partial charge in [-0.15, -0.1) is 11.6 Å². The number of hydrogen-bond acceptors (Lipinski definition) is 0.